The van der Waals surface area contributed by atoms with Crippen LogP contribution in [0.2, 0.25) is 0 Å². The average molecular weight is 382 g/mol. The zero-order valence-corrected chi connectivity index (χ0v) is 15.9. The summed E-state index contributed by atoms with van der Waals surface area (Å²) < 4.78 is 16.0. The van der Waals surface area contributed by atoms with E-state index in [-0.39, 0.29) is 18.0 Å². The Kier molecular flexibility index (Phi) is 4.63. The number of halogens is 1. The molecule has 0 radical (unpaired) electrons. The third-order valence-electron chi connectivity index (χ3n) is 5.33. The van der Waals surface area contributed by atoms with Gasteiger partial charge < -0.3 is 5.11 Å². The summed E-state index contributed by atoms with van der Waals surface area (Å²) in [6, 6.07) is 9.96. The first kappa shape index (κ1) is 18.6. The fourth-order valence-electron chi connectivity index (χ4n) is 3.62. The highest BCUT2D eigenvalue weighted by Crippen LogP contribution is 2.37. The van der Waals surface area contributed by atoms with E-state index in [0.717, 1.165) is 30.6 Å². The van der Waals surface area contributed by atoms with Crippen molar-refractivity contribution in [2.45, 2.75) is 51.2 Å². The molecule has 1 aromatic carbocycles. The summed E-state index contributed by atoms with van der Waals surface area (Å²) in [5.74, 6) is -0.547. The van der Waals surface area contributed by atoms with Crippen LogP contribution in [0, 0.1) is 12.7 Å². The number of hydrogen-bond acceptors (Lipinski definition) is 4. The van der Waals surface area contributed by atoms with Crippen molar-refractivity contribution in [1.29, 1.82) is 0 Å². The van der Waals surface area contributed by atoms with Crippen LogP contribution in [0.1, 0.15) is 49.9 Å². The van der Waals surface area contributed by atoms with E-state index >= 15 is 0 Å². The number of carbonyl (C=O) groups excluding carboxylic acids is 1. The van der Waals surface area contributed by atoms with E-state index in [1.54, 1.807) is 12.1 Å². The van der Waals surface area contributed by atoms with Crippen molar-refractivity contribution in [3.63, 3.8) is 0 Å². The molecule has 1 aliphatic carbocycles. The molecular weight excluding hydrogens is 359 g/mol. The zero-order valence-electron chi connectivity index (χ0n) is 15.9. The summed E-state index contributed by atoms with van der Waals surface area (Å²) in [5, 5.41) is 13.5. The molecule has 0 spiro atoms. The third kappa shape index (κ3) is 3.38. The SMILES string of the molecule is Cc1ccc2nc(NC(=O)CC(C)(O)c3ccccc3F)n(C3CCC3)c2n1. The van der Waals surface area contributed by atoms with Gasteiger partial charge in [-0.1, -0.05) is 18.2 Å². The molecule has 1 atom stereocenters. The van der Waals surface area contributed by atoms with Gasteiger partial charge in [0.1, 0.15) is 11.3 Å². The normalized spacial score (nSPS) is 16.6. The molecule has 4 rings (SSSR count). The fraction of sp³-hybridized carbons (Fsp3) is 0.381. The van der Waals surface area contributed by atoms with Crippen LogP contribution in [0.4, 0.5) is 10.3 Å². The summed E-state index contributed by atoms with van der Waals surface area (Å²) in [6.45, 7) is 3.35. The minimum absolute atomic E-state index is 0.0925. The molecule has 0 aliphatic heterocycles. The van der Waals surface area contributed by atoms with Crippen molar-refractivity contribution >= 4 is 23.0 Å². The topological polar surface area (TPSA) is 80.0 Å². The molecule has 28 heavy (non-hydrogen) atoms. The molecule has 0 saturated heterocycles. The number of benzene rings is 1. The Morgan fingerprint density at radius 3 is 2.71 bits per heavy atom. The van der Waals surface area contributed by atoms with Gasteiger partial charge in [-0.3, -0.25) is 14.7 Å². The summed E-state index contributed by atoms with van der Waals surface area (Å²) in [5.41, 5.74) is 0.815. The first-order chi connectivity index (χ1) is 13.3. The molecule has 0 bridgehead atoms. The summed E-state index contributed by atoms with van der Waals surface area (Å²) in [7, 11) is 0. The number of nitrogens with zero attached hydrogens (tertiary/aromatic N) is 3. The number of hydrogen-bond donors (Lipinski definition) is 2. The molecule has 2 N–H and O–H groups in total. The highest BCUT2D eigenvalue weighted by Gasteiger charge is 2.31. The van der Waals surface area contributed by atoms with Gasteiger partial charge in [-0.2, -0.15) is 0 Å². The number of amides is 1. The van der Waals surface area contributed by atoms with Gasteiger partial charge in [-0.25, -0.2) is 14.4 Å². The Balaban J connectivity index is 1.61. The first-order valence-electron chi connectivity index (χ1n) is 9.48. The van der Waals surface area contributed by atoms with Crippen molar-refractivity contribution < 1.29 is 14.3 Å². The number of aromatic nitrogens is 3. The maximum absolute atomic E-state index is 14.0. The van der Waals surface area contributed by atoms with E-state index in [0.29, 0.717) is 11.5 Å². The van der Waals surface area contributed by atoms with Gasteiger partial charge in [0.25, 0.3) is 0 Å². The Morgan fingerprint density at radius 1 is 1.29 bits per heavy atom. The van der Waals surface area contributed by atoms with Crippen LogP contribution in [0.15, 0.2) is 36.4 Å². The fourth-order valence-corrected chi connectivity index (χ4v) is 3.62. The van der Waals surface area contributed by atoms with Crippen LogP contribution in [0.25, 0.3) is 11.2 Å². The molecule has 2 aromatic heterocycles. The van der Waals surface area contributed by atoms with Gasteiger partial charge >= 0.3 is 0 Å². The molecule has 1 saturated carbocycles. The van der Waals surface area contributed by atoms with Crippen molar-refractivity contribution in [2.24, 2.45) is 0 Å². The predicted molar refractivity (Wildman–Crippen MR) is 104 cm³/mol. The van der Waals surface area contributed by atoms with Crippen LogP contribution in [0.5, 0.6) is 0 Å². The van der Waals surface area contributed by atoms with Crippen molar-refractivity contribution in [2.75, 3.05) is 5.32 Å². The largest absolute Gasteiger partial charge is 0.385 e. The minimum atomic E-state index is -1.63. The molecule has 1 amide bonds. The molecule has 1 fully saturated rings. The van der Waals surface area contributed by atoms with E-state index < -0.39 is 17.3 Å². The minimum Gasteiger partial charge on any atom is -0.385 e. The lowest BCUT2D eigenvalue weighted by molar-refractivity contribution is -0.120. The van der Waals surface area contributed by atoms with Crippen molar-refractivity contribution in [3.05, 3.63) is 53.5 Å². The lowest BCUT2D eigenvalue weighted by Crippen LogP contribution is -2.30. The Hall–Kier alpha value is -2.80. The van der Waals surface area contributed by atoms with E-state index in [1.807, 2.05) is 23.6 Å². The highest BCUT2D eigenvalue weighted by molar-refractivity contribution is 5.91. The smallest absolute Gasteiger partial charge is 0.229 e. The molecule has 146 valence electrons. The number of carbonyl (C=O) groups is 1. The van der Waals surface area contributed by atoms with Gasteiger partial charge in [0.05, 0.1) is 12.0 Å². The van der Waals surface area contributed by atoms with Crippen LogP contribution in [-0.2, 0) is 10.4 Å². The summed E-state index contributed by atoms with van der Waals surface area (Å²) in [4.78, 5) is 21.8. The van der Waals surface area contributed by atoms with Crippen molar-refractivity contribution in [1.82, 2.24) is 14.5 Å². The predicted octanol–water partition coefficient (Wildman–Crippen LogP) is 3.84. The number of nitrogens with one attached hydrogen (secondary N) is 1. The van der Waals surface area contributed by atoms with E-state index in [9.17, 15) is 14.3 Å². The van der Waals surface area contributed by atoms with E-state index in [2.05, 4.69) is 15.3 Å². The number of anilines is 1. The Morgan fingerprint density at radius 2 is 2.04 bits per heavy atom. The molecular formula is C21H23FN4O2. The molecule has 6 nitrogen and oxygen atoms in total. The van der Waals surface area contributed by atoms with Crippen LogP contribution in [-0.4, -0.2) is 25.5 Å². The highest BCUT2D eigenvalue weighted by atomic mass is 19.1. The summed E-state index contributed by atoms with van der Waals surface area (Å²) in [6.07, 6.45) is 2.87. The van der Waals surface area contributed by atoms with Gasteiger partial charge in [0, 0.05) is 17.3 Å². The number of imidazole rings is 1. The monoisotopic (exact) mass is 382 g/mol. The number of rotatable bonds is 5. The van der Waals surface area contributed by atoms with Gasteiger partial charge in [-0.15, -0.1) is 0 Å². The third-order valence-corrected chi connectivity index (χ3v) is 5.33. The number of aliphatic hydroxyl groups is 1. The van der Waals surface area contributed by atoms with Crippen LogP contribution < -0.4 is 5.32 Å². The lowest BCUT2D eigenvalue weighted by Gasteiger charge is -2.29. The van der Waals surface area contributed by atoms with Crippen molar-refractivity contribution in [3.8, 4) is 0 Å². The molecule has 1 unspecified atom stereocenters. The summed E-state index contributed by atoms with van der Waals surface area (Å²) >= 11 is 0. The molecule has 1 aliphatic rings. The Bertz CT molecular complexity index is 1040. The second kappa shape index (κ2) is 6.98. The van der Waals surface area contributed by atoms with E-state index in [1.165, 1.54) is 19.1 Å². The number of fused-ring (bicyclic) bond motifs is 1. The van der Waals surface area contributed by atoms with Gasteiger partial charge in [0.15, 0.2) is 5.65 Å². The molecule has 7 heteroatoms. The average Bonchev–Trinajstić information content (AvgIpc) is 2.90. The van der Waals surface area contributed by atoms with Crippen LogP contribution in [0.3, 0.4) is 0 Å². The molecule has 3 aromatic rings. The maximum atomic E-state index is 14.0. The molecule has 2 heterocycles. The maximum Gasteiger partial charge on any atom is 0.229 e. The number of pyridine rings is 1. The zero-order chi connectivity index (χ0) is 19.9. The standard InChI is InChI=1S/C21H23FN4O2/c1-13-10-11-17-19(23-13)26(14-6-5-7-14)20(24-17)25-18(27)12-21(2,28)15-8-3-4-9-16(15)22/h3-4,8-11,14,28H,5-7,12H2,1-2H3,(H,24,25,27). The second-order valence-corrected chi connectivity index (χ2v) is 7.66. The van der Waals surface area contributed by atoms with Gasteiger partial charge in [0.2, 0.25) is 11.9 Å². The van der Waals surface area contributed by atoms with Gasteiger partial charge in [-0.05, 0) is 51.3 Å². The first-order valence-corrected chi connectivity index (χ1v) is 9.48. The Labute approximate surface area is 162 Å². The number of aryl methyl sites for hydroxylation is 1. The lowest BCUT2D eigenvalue weighted by atomic mass is 9.91. The van der Waals surface area contributed by atoms with E-state index in [4.69, 9.17) is 0 Å². The second-order valence-electron chi connectivity index (χ2n) is 7.66. The quantitative estimate of drug-likeness (QED) is 0.703. The van der Waals surface area contributed by atoms with Crippen LogP contribution >= 0.6 is 0 Å².